The van der Waals surface area contributed by atoms with Gasteiger partial charge in [0.15, 0.2) is 5.65 Å². The number of nitrogens with one attached hydrogen (secondary N) is 1. The molecule has 0 spiro atoms. The van der Waals surface area contributed by atoms with Crippen LogP contribution in [0.1, 0.15) is 56.8 Å². The van der Waals surface area contributed by atoms with Crippen molar-refractivity contribution in [1.29, 1.82) is 0 Å². The first-order valence-corrected chi connectivity index (χ1v) is 15.3. The Morgan fingerprint density at radius 2 is 1.54 bits per heavy atom. The average Bonchev–Trinajstić information content (AvgIpc) is 3.67. The third-order valence-electron chi connectivity index (χ3n) is 8.33. The van der Waals surface area contributed by atoms with Crippen LogP contribution in [0.15, 0.2) is 71.8 Å². The Morgan fingerprint density at radius 3 is 2.12 bits per heavy atom. The van der Waals surface area contributed by atoms with Gasteiger partial charge in [0, 0.05) is 36.9 Å². The lowest BCUT2D eigenvalue weighted by Crippen LogP contribution is -2.42. The fourth-order valence-electron chi connectivity index (χ4n) is 5.66. The van der Waals surface area contributed by atoms with Gasteiger partial charge >= 0.3 is 6.18 Å². The number of piperidine rings is 1. The molecule has 41 heavy (non-hydrogen) atoms. The number of hydrogen-bond donors (Lipinski definition) is 1. The molecule has 11 heteroatoms. The fraction of sp³-hybridized carbons (Fsp3) is 0.400. The molecule has 1 aliphatic heterocycles. The van der Waals surface area contributed by atoms with Gasteiger partial charge in [0.05, 0.1) is 10.3 Å². The van der Waals surface area contributed by atoms with E-state index in [1.54, 1.807) is 36.4 Å². The van der Waals surface area contributed by atoms with Crippen LogP contribution in [0.5, 0.6) is 0 Å². The van der Waals surface area contributed by atoms with Crippen LogP contribution in [0.3, 0.4) is 0 Å². The van der Waals surface area contributed by atoms with E-state index < -0.39 is 21.6 Å². The van der Waals surface area contributed by atoms with Gasteiger partial charge < -0.3 is 5.32 Å². The molecule has 0 bridgehead atoms. The second-order valence-corrected chi connectivity index (χ2v) is 13.3. The summed E-state index contributed by atoms with van der Waals surface area (Å²) in [5.41, 5.74) is 1.96. The molecule has 1 N–H and O–H groups in total. The summed E-state index contributed by atoms with van der Waals surface area (Å²) in [7, 11) is -3.66. The van der Waals surface area contributed by atoms with Crippen molar-refractivity contribution < 1.29 is 21.6 Å². The first-order valence-electron chi connectivity index (χ1n) is 13.9. The molecule has 0 unspecified atom stereocenters. The van der Waals surface area contributed by atoms with E-state index in [0.29, 0.717) is 31.5 Å². The van der Waals surface area contributed by atoms with E-state index in [4.69, 9.17) is 0 Å². The highest BCUT2D eigenvalue weighted by atomic mass is 32.2. The summed E-state index contributed by atoms with van der Waals surface area (Å²) in [6.45, 7) is 4.84. The van der Waals surface area contributed by atoms with Gasteiger partial charge in [0.1, 0.15) is 5.82 Å². The molecule has 2 aliphatic rings. The molecule has 4 aromatic rings. The number of aromatic nitrogens is 3. The summed E-state index contributed by atoms with van der Waals surface area (Å²) in [6.07, 6.45) is -0.788. The van der Waals surface area contributed by atoms with Crippen LogP contribution in [-0.2, 0) is 15.4 Å². The first-order chi connectivity index (χ1) is 19.5. The Labute approximate surface area is 237 Å². The molecule has 2 aromatic carbocycles. The molecule has 6 rings (SSSR count). The molecule has 0 amide bonds. The topological polar surface area (TPSA) is 79.6 Å². The Morgan fingerprint density at radius 1 is 0.902 bits per heavy atom. The lowest BCUT2D eigenvalue weighted by atomic mass is 9.95. The maximum atomic E-state index is 13.4. The third kappa shape index (κ3) is 5.10. The van der Waals surface area contributed by atoms with Crippen molar-refractivity contribution in [2.75, 3.05) is 18.4 Å². The van der Waals surface area contributed by atoms with Crippen LogP contribution in [0.25, 0.3) is 16.8 Å². The molecule has 2 fully saturated rings. The highest BCUT2D eigenvalue weighted by molar-refractivity contribution is 7.89. The van der Waals surface area contributed by atoms with Gasteiger partial charge in [-0.3, -0.25) is 4.40 Å². The Kier molecular flexibility index (Phi) is 6.85. The number of pyridine rings is 1. The number of rotatable bonds is 7. The SMILES string of the molecule is CC(C)c1nnc2ccc(-c3ccc(S(=O)(=O)N4CCC(Nc5ccc(C6(C(F)(F)F)CC6)cc5)CC4)cc3)cn12. The predicted molar refractivity (Wildman–Crippen MR) is 151 cm³/mol. The summed E-state index contributed by atoms with van der Waals surface area (Å²) in [4.78, 5) is 0.246. The summed E-state index contributed by atoms with van der Waals surface area (Å²) >= 11 is 0. The fourth-order valence-corrected chi connectivity index (χ4v) is 7.13. The number of halogens is 3. The van der Waals surface area contributed by atoms with E-state index in [1.807, 2.05) is 34.9 Å². The van der Waals surface area contributed by atoms with E-state index in [9.17, 15) is 21.6 Å². The van der Waals surface area contributed by atoms with Crippen LogP contribution in [0, 0.1) is 0 Å². The molecule has 3 heterocycles. The second kappa shape index (κ2) is 10.1. The van der Waals surface area contributed by atoms with E-state index in [2.05, 4.69) is 29.4 Å². The first kappa shape index (κ1) is 27.7. The molecule has 2 aromatic heterocycles. The highest BCUT2D eigenvalue weighted by Gasteiger charge is 2.64. The maximum Gasteiger partial charge on any atom is 0.398 e. The molecule has 0 radical (unpaired) electrons. The number of benzene rings is 2. The summed E-state index contributed by atoms with van der Waals surface area (Å²) in [5.74, 6) is 1.08. The number of sulfonamides is 1. The zero-order valence-corrected chi connectivity index (χ0v) is 23.7. The molecule has 1 aliphatic carbocycles. The lowest BCUT2D eigenvalue weighted by molar-refractivity contribution is -0.160. The van der Waals surface area contributed by atoms with Crippen molar-refractivity contribution in [3.05, 3.63) is 78.2 Å². The number of anilines is 1. The predicted octanol–water partition coefficient (Wildman–Crippen LogP) is 6.38. The quantitative estimate of drug-likeness (QED) is 0.273. The van der Waals surface area contributed by atoms with Crippen LogP contribution < -0.4 is 5.32 Å². The Hall–Kier alpha value is -3.44. The van der Waals surface area contributed by atoms with Gasteiger partial charge in [-0.1, -0.05) is 38.1 Å². The lowest BCUT2D eigenvalue weighted by Gasteiger charge is -2.32. The molecule has 7 nitrogen and oxygen atoms in total. The summed E-state index contributed by atoms with van der Waals surface area (Å²) < 4.78 is 70.4. The summed E-state index contributed by atoms with van der Waals surface area (Å²) in [5, 5.41) is 11.8. The van der Waals surface area contributed by atoms with Gasteiger partial charge in [0.25, 0.3) is 0 Å². The number of fused-ring (bicyclic) bond motifs is 1. The van der Waals surface area contributed by atoms with Gasteiger partial charge in [-0.25, -0.2) is 8.42 Å². The van der Waals surface area contributed by atoms with E-state index >= 15 is 0 Å². The third-order valence-corrected chi connectivity index (χ3v) is 10.2. The highest BCUT2D eigenvalue weighted by Crippen LogP contribution is 2.58. The van der Waals surface area contributed by atoms with E-state index in [1.165, 1.54) is 4.31 Å². The standard InChI is InChI=1S/C30H32F3N5O2S/c1-20(2)28-36-35-27-12-5-22(19-38(27)28)21-3-10-26(11-4-21)41(39,40)37-17-13-25(14-18-37)34-24-8-6-23(7-9-24)29(15-16-29)30(31,32)33/h3-12,19-20,25,34H,13-18H2,1-2H3. The van der Waals surface area contributed by atoms with Crippen LogP contribution in [0.2, 0.25) is 0 Å². The normalized spacial score (nSPS) is 18.2. The number of nitrogens with zero attached hydrogens (tertiary/aromatic N) is 4. The van der Waals surface area contributed by atoms with Crippen LogP contribution >= 0.6 is 0 Å². The Balaban J connectivity index is 1.09. The van der Waals surface area contributed by atoms with Crippen LogP contribution in [0.4, 0.5) is 18.9 Å². The maximum absolute atomic E-state index is 13.4. The van der Waals surface area contributed by atoms with Gasteiger partial charge in [0.2, 0.25) is 10.0 Å². The minimum absolute atomic E-state index is 0.0375. The van der Waals surface area contributed by atoms with Gasteiger partial charge in [-0.15, -0.1) is 10.2 Å². The van der Waals surface area contributed by atoms with E-state index in [-0.39, 0.29) is 29.7 Å². The largest absolute Gasteiger partial charge is 0.398 e. The van der Waals surface area contributed by atoms with Crippen molar-refractivity contribution in [3.63, 3.8) is 0 Å². The van der Waals surface area contributed by atoms with E-state index in [0.717, 1.165) is 28.3 Å². The zero-order chi connectivity index (χ0) is 29.0. The van der Waals surface area contributed by atoms with Crippen molar-refractivity contribution in [3.8, 4) is 11.1 Å². The van der Waals surface area contributed by atoms with Crippen molar-refractivity contribution in [1.82, 2.24) is 18.9 Å². The average molecular weight is 584 g/mol. The molecule has 1 saturated heterocycles. The summed E-state index contributed by atoms with van der Waals surface area (Å²) in [6, 6.07) is 17.3. The molecular formula is C30H32F3N5O2S. The molecule has 1 saturated carbocycles. The van der Waals surface area contributed by atoms with Gasteiger partial charge in [-0.05, 0) is 78.8 Å². The van der Waals surface area contributed by atoms with Crippen LogP contribution in [-0.4, -0.2) is 52.6 Å². The Bertz CT molecular complexity index is 1650. The zero-order valence-electron chi connectivity index (χ0n) is 22.9. The van der Waals surface area contributed by atoms with Crippen molar-refractivity contribution >= 4 is 21.4 Å². The smallest absolute Gasteiger partial charge is 0.382 e. The second-order valence-electron chi connectivity index (χ2n) is 11.4. The van der Waals surface area contributed by atoms with Crippen molar-refractivity contribution in [2.45, 2.75) is 68.0 Å². The monoisotopic (exact) mass is 583 g/mol. The molecule has 0 atom stereocenters. The number of alkyl halides is 3. The van der Waals surface area contributed by atoms with Crippen molar-refractivity contribution in [2.24, 2.45) is 0 Å². The minimum atomic E-state index is -4.23. The molecule has 216 valence electrons. The minimum Gasteiger partial charge on any atom is -0.382 e. The number of hydrogen-bond acceptors (Lipinski definition) is 5. The molecular weight excluding hydrogens is 551 g/mol. The van der Waals surface area contributed by atoms with Gasteiger partial charge in [-0.2, -0.15) is 17.5 Å².